The number of aliphatic carboxylic acids is 1. The van der Waals surface area contributed by atoms with Gasteiger partial charge in [-0.3, -0.25) is 9.59 Å². The molecule has 2 rings (SSSR count). The van der Waals surface area contributed by atoms with E-state index in [4.69, 9.17) is 26.2 Å². The number of nitrogens with zero attached hydrogens (tertiary/aromatic N) is 1. The minimum absolute atomic E-state index is 0.0847. The van der Waals surface area contributed by atoms with Crippen LogP contribution in [0.25, 0.3) is 0 Å². The van der Waals surface area contributed by atoms with Crippen LogP contribution in [0.3, 0.4) is 0 Å². The lowest BCUT2D eigenvalue weighted by atomic mass is 10.0. The molecule has 1 aliphatic rings. The summed E-state index contributed by atoms with van der Waals surface area (Å²) in [5.74, 6) is -0.729. The molecule has 138 valence electrons. The minimum atomic E-state index is -0.934. The molecule has 1 N–H and O–H groups in total. The number of halogens is 1. The Morgan fingerprint density at radius 3 is 2.68 bits per heavy atom. The highest BCUT2D eigenvalue weighted by Crippen LogP contribution is 2.27. The Morgan fingerprint density at radius 1 is 1.40 bits per heavy atom. The number of ether oxygens (including phenoxy) is 2. The van der Waals surface area contributed by atoms with Crippen molar-refractivity contribution in [2.45, 2.75) is 44.9 Å². The topological polar surface area (TPSA) is 76.1 Å². The molecular weight excluding hydrogens is 346 g/mol. The molecule has 6 nitrogen and oxygen atoms in total. The quantitative estimate of drug-likeness (QED) is 0.799. The summed E-state index contributed by atoms with van der Waals surface area (Å²) >= 11 is 5.98. The van der Waals surface area contributed by atoms with E-state index in [9.17, 15) is 9.59 Å². The summed E-state index contributed by atoms with van der Waals surface area (Å²) in [5.41, 5.74) is 0. The first kappa shape index (κ1) is 19.5. The van der Waals surface area contributed by atoms with E-state index < -0.39 is 12.1 Å². The number of methoxy groups -OCH3 is 1. The zero-order valence-electron chi connectivity index (χ0n) is 14.6. The molecular formula is C18H24ClNO5. The maximum Gasteiger partial charge on any atom is 0.305 e. The van der Waals surface area contributed by atoms with Gasteiger partial charge in [0.1, 0.15) is 5.75 Å². The third kappa shape index (κ3) is 5.09. The first-order valence-corrected chi connectivity index (χ1v) is 8.67. The van der Waals surface area contributed by atoms with Crippen LogP contribution >= 0.6 is 11.6 Å². The number of likely N-dealkylation sites (tertiary alicyclic amines) is 1. The van der Waals surface area contributed by atoms with Crippen LogP contribution in [-0.2, 0) is 14.3 Å². The molecule has 1 saturated heterocycles. The molecule has 1 heterocycles. The molecule has 3 unspecified atom stereocenters. The van der Waals surface area contributed by atoms with Gasteiger partial charge in [-0.05, 0) is 30.5 Å². The molecule has 1 aliphatic heterocycles. The zero-order valence-corrected chi connectivity index (χ0v) is 15.4. The molecule has 7 heteroatoms. The molecule has 0 aliphatic carbocycles. The van der Waals surface area contributed by atoms with Gasteiger partial charge in [0.15, 0.2) is 6.10 Å². The standard InChI is InChI=1S/C18H24ClNO5/c1-11(2)17(25-14-6-4-5-12(19)7-14)18(23)20-10-15(24-3)8-13(20)9-16(21)22/h4-7,11,13,15,17H,8-10H2,1-3H3,(H,21,22). The fraction of sp³-hybridized carbons (Fsp3) is 0.556. The Kier molecular flexibility index (Phi) is 6.67. The van der Waals surface area contributed by atoms with Crippen LogP contribution in [0.15, 0.2) is 24.3 Å². The van der Waals surface area contributed by atoms with Gasteiger partial charge in [0.05, 0.1) is 12.5 Å². The molecule has 0 aromatic heterocycles. The molecule has 1 amide bonds. The van der Waals surface area contributed by atoms with Crippen LogP contribution in [0, 0.1) is 5.92 Å². The summed E-state index contributed by atoms with van der Waals surface area (Å²) in [5, 5.41) is 9.65. The molecule has 0 spiro atoms. The van der Waals surface area contributed by atoms with Crippen LogP contribution in [-0.4, -0.2) is 53.8 Å². The number of carboxylic acids is 1. The summed E-state index contributed by atoms with van der Waals surface area (Å²) in [6.07, 6.45) is -0.470. The number of hydrogen-bond acceptors (Lipinski definition) is 4. The van der Waals surface area contributed by atoms with E-state index in [1.807, 2.05) is 13.8 Å². The SMILES string of the molecule is COC1CC(CC(=O)O)N(C(=O)C(Oc2cccc(Cl)c2)C(C)C)C1. The van der Waals surface area contributed by atoms with Gasteiger partial charge in [0.25, 0.3) is 5.91 Å². The number of rotatable bonds is 7. The maximum absolute atomic E-state index is 13.0. The number of carbonyl (C=O) groups excluding carboxylic acids is 1. The molecule has 0 radical (unpaired) electrons. The normalized spacial score (nSPS) is 21.4. The second-order valence-corrected chi connectivity index (χ2v) is 7.01. The largest absolute Gasteiger partial charge is 0.481 e. The first-order chi connectivity index (χ1) is 11.8. The predicted molar refractivity (Wildman–Crippen MR) is 93.9 cm³/mol. The Hall–Kier alpha value is -1.79. The van der Waals surface area contributed by atoms with Crippen LogP contribution < -0.4 is 4.74 Å². The van der Waals surface area contributed by atoms with E-state index in [-0.39, 0.29) is 30.4 Å². The molecule has 1 fully saturated rings. The number of carbonyl (C=O) groups is 2. The van der Waals surface area contributed by atoms with Crippen molar-refractivity contribution in [3.63, 3.8) is 0 Å². The van der Waals surface area contributed by atoms with Crippen molar-refractivity contribution in [1.82, 2.24) is 4.90 Å². The number of carboxylic acid groups (broad SMARTS) is 1. The molecule has 1 aromatic carbocycles. The van der Waals surface area contributed by atoms with E-state index in [1.165, 1.54) is 0 Å². The summed E-state index contributed by atoms with van der Waals surface area (Å²) < 4.78 is 11.2. The van der Waals surface area contributed by atoms with Crippen LogP contribution in [0.1, 0.15) is 26.7 Å². The number of amides is 1. The molecule has 25 heavy (non-hydrogen) atoms. The average Bonchev–Trinajstić information content (AvgIpc) is 2.94. The summed E-state index contributed by atoms with van der Waals surface area (Å²) in [6.45, 7) is 4.15. The van der Waals surface area contributed by atoms with Crippen molar-refractivity contribution in [3.05, 3.63) is 29.3 Å². The Balaban J connectivity index is 2.18. The lowest BCUT2D eigenvalue weighted by Gasteiger charge is -2.30. The Labute approximate surface area is 152 Å². The number of hydrogen-bond donors (Lipinski definition) is 1. The van der Waals surface area contributed by atoms with Gasteiger partial charge in [0, 0.05) is 24.7 Å². The third-order valence-corrected chi connectivity index (χ3v) is 4.55. The van der Waals surface area contributed by atoms with Gasteiger partial charge in [-0.2, -0.15) is 0 Å². The van der Waals surface area contributed by atoms with Crippen LogP contribution in [0.2, 0.25) is 5.02 Å². The number of benzene rings is 1. The smallest absolute Gasteiger partial charge is 0.305 e. The van der Waals surface area contributed by atoms with Gasteiger partial charge in [-0.15, -0.1) is 0 Å². The highest BCUT2D eigenvalue weighted by Gasteiger charge is 2.40. The van der Waals surface area contributed by atoms with Crippen LogP contribution in [0.4, 0.5) is 0 Å². The molecule has 0 bridgehead atoms. The zero-order chi connectivity index (χ0) is 18.6. The van der Waals surface area contributed by atoms with Crippen molar-refractivity contribution < 1.29 is 24.2 Å². The lowest BCUT2D eigenvalue weighted by molar-refractivity contribution is -0.144. The Bertz CT molecular complexity index is 621. The second kappa shape index (κ2) is 8.54. The third-order valence-electron chi connectivity index (χ3n) is 4.31. The minimum Gasteiger partial charge on any atom is -0.481 e. The molecule has 1 aromatic rings. The van der Waals surface area contributed by atoms with Gasteiger partial charge >= 0.3 is 5.97 Å². The maximum atomic E-state index is 13.0. The van der Waals surface area contributed by atoms with E-state index in [1.54, 1.807) is 36.3 Å². The highest BCUT2D eigenvalue weighted by atomic mass is 35.5. The molecule has 0 saturated carbocycles. The van der Waals surface area contributed by atoms with Crippen molar-refractivity contribution >= 4 is 23.5 Å². The van der Waals surface area contributed by atoms with Gasteiger partial charge in [-0.1, -0.05) is 31.5 Å². The highest BCUT2D eigenvalue weighted by molar-refractivity contribution is 6.30. The van der Waals surface area contributed by atoms with E-state index in [0.29, 0.717) is 23.7 Å². The van der Waals surface area contributed by atoms with Crippen molar-refractivity contribution in [2.75, 3.05) is 13.7 Å². The first-order valence-electron chi connectivity index (χ1n) is 8.29. The van der Waals surface area contributed by atoms with E-state index in [0.717, 1.165) is 0 Å². The van der Waals surface area contributed by atoms with Gasteiger partial charge < -0.3 is 19.5 Å². The van der Waals surface area contributed by atoms with Gasteiger partial charge in [0.2, 0.25) is 0 Å². The summed E-state index contributed by atoms with van der Waals surface area (Å²) in [4.78, 5) is 25.8. The fourth-order valence-electron chi connectivity index (χ4n) is 3.03. The molecule has 3 atom stereocenters. The fourth-order valence-corrected chi connectivity index (χ4v) is 3.21. The van der Waals surface area contributed by atoms with E-state index in [2.05, 4.69) is 0 Å². The monoisotopic (exact) mass is 369 g/mol. The Morgan fingerprint density at radius 2 is 2.12 bits per heavy atom. The predicted octanol–water partition coefficient (Wildman–Crippen LogP) is 2.83. The van der Waals surface area contributed by atoms with Crippen LogP contribution in [0.5, 0.6) is 5.75 Å². The second-order valence-electron chi connectivity index (χ2n) is 6.58. The van der Waals surface area contributed by atoms with Gasteiger partial charge in [-0.25, -0.2) is 0 Å². The average molecular weight is 370 g/mol. The lowest BCUT2D eigenvalue weighted by Crippen LogP contribution is -2.47. The van der Waals surface area contributed by atoms with Crippen molar-refractivity contribution in [2.24, 2.45) is 5.92 Å². The summed E-state index contributed by atoms with van der Waals surface area (Å²) in [7, 11) is 1.57. The van der Waals surface area contributed by atoms with Crippen molar-refractivity contribution in [3.8, 4) is 5.75 Å². The van der Waals surface area contributed by atoms with Crippen molar-refractivity contribution in [1.29, 1.82) is 0 Å². The van der Waals surface area contributed by atoms with E-state index >= 15 is 0 Å². The summed E-state index contributed by atoms with van der Waals surface area (Å²) in [6, 6.07) is 6.49.